The van der Waals surface area contributed by atoms with Crippen LogP contribution >= 0.6 is 11.6 Å². The third-order valence-corrected chi connectivity index (χ3v) is 3.40. The van der Waals surface area contributed by atoms with Crippen molar-refractivity contribution in [2.75, 3.05) is 24.6 Å². The van der Waals surface area contributed by atoms with Gasteiger partial charge in [0.15, 0.2) is 0 Å². The highest BCUT2D eigenvalue weighted by Gasteiger charge is 2.27. The molecule has 1 aromatic heterocycles. The van der Waals surface area contributed by atoms with Crippen molar-refractivity contribution in [1.82, 2.24) is 9.78 Å². The summed E-state index contributed by atoms with van der Waals surface area (Å²) in [6, 6.07) is 0. The SMILES string of the molecule is NC(=O)O[C@@H]1CCN(c2cnn(CCO)c(=O)c2Cl)C1. The number of carbonyl (C=O) groups excluding carboxylic acids is 1. The molecule has 0 unspecified atom stereocenters. The van der Waals surface area contributed by atoms with Crippen LogP contribution in [0.4, 0.5) is 10.5 Å². The van der Waals surface area contributed by atoms with Gasteiger partial charge < -0.3 is 20.5 Å². The van der Waals surface area contributed by atoms with Gasteiger partial charge in [0.1, 0.15) is 11.1 Å². The van der Waals surface area contributed by atoms with E-state index in [4.69, 9.17) is 27.2 Å². The van der Waals surface area contributed by atoms with Crippen LogP contribution in [0, 0.1) is 0 Å². The van der Waals surface area contributed by atoms with Crippen molar-refractivity contribution in [2.24, 2.45) is 5.73 Å². The standard InChI is InChI=1S/C11H15ClN4O4/c12-9-8(5-14-16(3-4-17)10(9)18)15-2-1-7(6-15)20-11(13)19/h5,7,17H,1-4,6H2,(H2,13,19)/t7-/m1/s1. The second kappa shape index (κ2) is 6.10. The highest BCUT2D eigenvalue weighted by molar-refractivity contribution is 6.33. The Kier molecular flexibility index (Phi) is 4.46. The van der Waals surface area contributed by atoms with E-state index in [1.807, 2.05) is 4.90 Å². The molecule has 3 N–H and O–H groups in total. The van der Waals surface area contributed by atoms with Crippen molar-refractivity contribution in [3.8, 4) is 0 Å². The zero-order valence-electron chi connectivity index (χ0n) is 10.7. The van der Waals surface area contributed by atoms with Crippen LogP contribution < -0.4 is 16.2 Å². The second-order valence-corrected chi connectivity index (χ2v) is 4.77. The fourth-order valence-electron chi connectivity index (χ4n) is 2.14. The van der Waals surface area contributed by atoms with Crippen molar-refractivity contribution in [3.63, 3.8) is 0 Å². The van der Waals surface area contributed by atoms with Crippen LogP contribution in [0.15, 0.2) is 11.0 Å². The van der Waals surface area contributed by atoms with Crippen LogP contribution in [-0.2, 0) is 11.3 Å². The third-order valence-electron chi connectivity index (χ3n) is 3.05. The van der Waals surface area contributed by atoms with Gasteiger partial charge >= 0.3 is 6.09 Å². The number of primary amides is 1. The maximum atomic E-state index is 11.9. The lowest BCUT2D eigenvalue weighted by Gasteiger charge is -2.19. The highest BCUT2D eigenvalue weighted by Crippen LogP contribution is 2.25. The molecule has 0 spiro atoms. The minimum Gasteiger partial charge on any atom is -0.444 e. The quantitative estimate of drug-likeness (QED) is 0.780. The first-order valence-electron chi connectivity index (χ1n) is 6.10. The molecule has 1 aliphatic rings. The summed E-state index contributed by atoms with van der Waals surface area (Å²) in [7, 11) is 0. The lowest BCUT2D eigenvalue weighted by Crippen LogP contribution is -2.30. The number of hydrogen-bond donors (Lipinski definition) is 2. The number of hydrogen-bond acceptors (Lipinski definition) is 6. The fraction of sp³-hybridized carbons (Fsp3) is 0.545. The summed E-state index contributed by atoms with van der Waals surface area (Å²) in [6.07, 6.45) is 0.938. The van der Waals surface area contributed by atoms with Gasteiger partial charge in [0.2, 0.25) is 0 Å². The van der Waals surface area contributed by atoms with Gasteiger partial charge in [0, 0.05) is 13.0 Å². The molecule has 0 aromatic carbocycles. The van der Waals surface area contributed by atoms with Crippen LogP contribution in [0.25, 0.3) is 0 Å². The summed E-state index contributed by atoms with van der Waals surface area (Å²) in [4.78, 5) is 24.4. The first-order valence-corrected chi connectivity index (χ1v) is 6.48. The van der Waals surface area contributed by atoms with E-state index in [1.54, 1.807) is 0 Å². The van der Waals surface area contributed by atoms with Gasteiger partial charge in [-0.2, -0.15) is 5.10 Å². The number of nitrogens with zero attached hydrogens (tertiary/aromatic N) is 3. The summed E-state index contributed by atoms with van der Waals surface area (Å²) in [5.41, 5.74) is 5.00. The van der Waals surface area contributed by atoms with Crippen molar-refractivity contribution in [3.05, 3.63) is 21.6 Å². The minimum absolute atomic E-state index is 0.0353. The zero-order chi connectivity index (χ0) is 14.7. The van der Waals surface area contributed by atoms with Crippen molar-refractivity contribution in [1.29, 1.82) is 0 Å². The molecule has 1 aromatic rings. The first-order chi connectivity index (χ1) is 9.52. The average Bonchev–Trinajstić information content (AvgIpc) is 2.83. The van der Waals surface area contributed by atoms with Crippen LogP contribution in [0.1, 0.15) is 6.42 Å². The van der Waals surface area contributed by atoms with Crippen molar-refractivity contribution in [2.45, 2.75) is 19.1 Å². The maximum absolute atomic E-state index is 11.9. The Hall–Kier alpha value is -1.80. The molecule has 1 aliphatic heterocycles. The van der Waals surface area contributed by atoms with E-state index in [-0.39, 0.29) is 24.3 Å². The summed E-state index contributed by atoms with van der Waals surface area (Å²) < 4.78 is 6.01. The topological polar surface area (TPSA) is 111 Å². The van der Waals surface area contributed by atoms with Crippen LogP contribution in [0.3, 0.4) is 0 Å². The van der Waals surface area contributed by atoms with Crippen LogP contribution in [-0.4, -0.2) is 46.8 Å². The van der Waals surface area contributed by atoms with Gasteiger partial charge in [-0.1, -0.05) is 11.6 Å². The molecule has 0 aliphatic carbocycles. The van der Waals surface area contributed by atoms with Gasteiger partial charge in [-0.3, -0.25) is 4.79 Å². The number of ether oxygens (including phenoxy) is 1. The fourth-order valence-corrected chi connectivity index (χ4v) is 2.40. The van der Waals surface area contributed by atoms with Crippen LogP contribution in [0.2, 0.25) is 5.02 Å². The molecule has 1 atom stereocenters. The number of rotatable bonds is 4. The molecule has 0 bridgehead atoms. The van der Waals surface area contributed by atoms with E-state index in [0.29, 0.717) is 25.2 Å². The number of carbonyl (C=O) groups is 1. The first kappa shape index (κ1) is 14.6. The van der Waals surface area contributed by atoms with Gasteiger partial charge in [-0.15, -0.1) is 0 Å². The molecule has 8 nitrogen and oxygen atoms in total. The Morgan fingerprint density at radius 3 is 3.05 bits per heavy atom. The van der Waals surface area contributed by atoms with E-state index in [2.05, 4.69) is 5.10 Å². The van der Waals surface area contributed by atoms with E-state index in [1.165, 1.54) is 6.20 Å². The molecule has 9 heteroatoms. The molecule has 1 amide bonds. The molecule has 0 radical (unpaired) electrons. The van der Waals surface area contributed by atoms with Crippen molar-refractivity contribution >= 4 is 23.4 Å². The molecular weight excluding hydrogens is 288 g/mol. The number of anilines is 1. The Morgan fingerprint density at radius 1 is 1.65 bits per heavy atom. The van der Waals surface area contributed by atoms with Gasteiger partial charge in [0.25, 0.3) is 5.56 Å². The summed E-state index contributed by atoms with van der Waals surface area (Å²) >= 11 is 6.04. The van der Waals surface area contributed by atoms with E-state index < -0.39 is 11.7 Å². The summed E-state index contributed by atoms with van der Waals surface area (Å²) in [6.45, 7) is 0.893. The van der Waals surface area contributed by atoms with E-state index in [0.717, 1.165) is 4.68 Å². The number of amides is 1. The van der Waals surface area contributed by atoms with E-state index >= 15 is 0 Å². The zero-order valence-corrected chi connectivity index (χ0v) is 11.4. The monoisotopic (exact) mass is 302 g/mol. The normalized spacial score (nSPS) is 18.3. The molecular formula is C11H15ClN4O4. The lowest BCUT2D eigenvalue weighted by molar-refractivity contribution is 0.117. The summed E-state index contributed by atoms with van der Waals surface area (Å²) in [5.74, 6) is 0. The maximum Gasteiger partial charge on any atom is 0.404 e. The number of aliphatic hydroxyl groups excluding tert-OH is 1. The van der Waals surface area contributed by atoms with Gasteiger partial charge in [-0.25, -0.2) is 9.48 Å². The van der Waals surface area contributed by atoms with Gasteiger partial charge in [0.05, 0.1) is 31.6 Å². The predicted octanol–water partition coefficient (Wildman–Crippen LogP) is -0.437. The number of aliphatic hydroxyl groups is 1. The van der Waals surface area contributed by atoms with Gasteiger partial charge in [-0.05, 0) is 0 Å². The second-order valence-electron chi connectivity index (χ2n) is 4.39. The molecule has 2 heterocycles. The molecule has 2 rings (SSSR count). The lowest BCUT2D eigenvalue weighted by atomic mass is 10.3. The largest absolute Gasteiger partial charge is 0.444 e. The average molecular weight is 303 g/mol. The Morgan fingerprint density at radius 2 is 2.40 bits per heavy atom. The number of aromatic nitrogens is 2. The third kappa shape index (κ3) is 3.02. The molecule has 1 saturated heterocycles. The molecule has 0 saturated carbocycles. The Balaban J connectivity index is 2.16. The Labute approximate surface area is 119 Å². The predicted molar refractivity (Wildman–Crippen MR) is 71.9 cm³/mol. The number of nitrogens with two attached hydrogens (primary N) is 1. The Bertz CT molecular complexity index is 562. The smallest absolute Gasteiger partial charge is 0.404 e. The minimum atomic E-state index is -0.820. The van der Waals surface area contributed by atoms with E-state index in [9.17, 15) is 9.59 Å². The molecule has 1 fully saturated rings. The summed E-state index contributed by atoms with van der Waals surface area (Å²) in [5, 5.41) is 12.8. The molecule has 110 valence electrons. The van der Waals surface area contributed by atoms with Crippen molar-refractivity contribution < 1.29 is 14.6 Å². The highest BCUT2D eigenvalue weighted by atomic mass is 35.5. The number of halogens is 1. The molecule has 20 heavy (non-hydrogen) atoms. The van der Waals surface area contributed by atoms with Crippen LogP contribution in [0.5, 0.6) is 0 Å².